The molecule has 0 aliphatic carbocycles. The zero-order valence-corrected chi connectivity index (χ0v) is 9.88. The molecule has 2 rings (SSSR count). The third-order valence-electron chi connectivity index (χ3n) is 2.03. The van der Waals surface area contributed by atoms with Crippen LogP contribution in [0.5, 0.6) is 0 Å². The number of carbonyl (C=O) groups excluding carboxylic acids is 1. The minimum atomic E-state index is -0.219. The molecular weight excluding hydrogens is 232 g/mol. The van der Waals surface area contributed by atoms with Crippen LogP contribution in [0.1, 0.15) is 5.01 Å². The van der Waals surface area contributed by atoms with E-state index in [4.69, 9.17) is 0 Å². The first-order chi connectivity index (χ1) is 8.29. The van der Waals surface area contributed by atoms with E-state index in [0.717, 1.165) is 15.2 Å². The topological polar surface area (TPSA) is 42.0 Å². The average Bonchev–Trinajstić information content (AvgIpc) is 2.76. The van der Waals surface area contributed by atoms with E-state index < -0.39 is 0 Å². The predicted octanol–water partition coefficient (Wildman–Crippen LogP) is 1.95. The molecule has 1 amide bonds. The molecule has 0 aliphatic heterocycles. The summed E-state index contributed by atoms with van der Waals surface area (Å²) < 4.78 is 1.12. The predicted molar refractivity (Wildman–Crippen MR) is 69.7 cm³/mol. The SMILES string of the molecule is C=CC(=O)NCC#Cc1nc2ccccc2s1. The number of hydrogen-bond acceptors (Lipinski definition) is 3. The molecule has 0 saturated heterocycles. The van der Waals surface area contributed by atoms with E-state index in [0.29, 0.717) is 6.54 Å². The van der Waals surface area contributed by atoms with Gasteiger partial charge in [0.1, 0.15) is 0 Å². The molecule has 1 aromatic heterocycles. The van der Waals surface area contributed by atoms with Crippen LogP contribution >= 0.6 is 11.3 Å². The Balaban J connectivity index is 2.06. The molecule has 84 valence electrons. The zero-order chi connectivity index (χ0) is 12.1. The van der Waals surface area contributed by atoms with Crippen molar-refractivity contribution in [1.29, 1.82) is 0 Å². The molecule has 17 heavy (non-hydrogen) atoms. The lowest BCUT2D eigenvalue weighted by atomic mass is 10.3. The van der Waals surface area contributed by atoms with Gasteiger partial charge in [-0.25, -0.2) is 4.98 Å². The molecule has 0 bridgehead atoms. The summed E-state index contributed by atoms with van der Waals surface area (Å²) in [6.07, 6.45) is 1.22. The summed E-state index contributed by atoms with van der Waals surface area (Å²) in [4.78, 5) is 15.2. The van der Waals surface area contributed by atoms with E-state index in [1.165, 1.54) is 6.08 Å². The molecule has 2 aromatic rings. The van der Waals surface area contributed by atoms with Crippen LogP contribution in [-0.2, 0) is 4.79 Å². The summed E-state index contributed by atoms with van der Waals surface area (Å²) >= 11 is 1.54. The minimum Gasteiger partial charge on any atom is -0.342 e. The van der Waals surface area contributed by atoms with Crippen molar-refractivity contribution >= 4 is 27.5 Å². The highest BCUT2D eigenvalue weighted by atomic mass is 32.1. The number of nitrogens with one attached hydrogen (secondary N) is 1. The fourth-order valence-electron chi connectivity index (χ4n) is 1.25. The number of nitrogens with zero attached hydrogens (tertiary/aromatic N) is 1. The Morgan fingerprint density at radius 2 is 2.35 bits per heavy atom. The maximum absolute atomic E-state index is 10.9. The molecule has 1 N–H and O–H groups in total. The molecule has 0 spiro atoms. The number of para-hydroxylation sites is 1. The van der Waals surface area contributed by atoms with Gasteiger partial charge in [0.25, 0.3) is 0 Å². The van der Waals surface area contributed by atoms with Crippen LogP contribution in [0.4, 0.5) is 0 Å². The van der Waals surface area contributed by atoms with Crippen molar-refractivity contribution in [2.24, 2.45) is 0 Å². The van der Waals surface area contributed by atoms with Crippen molar-refractivity contribution in [1.82, 2.24) is 10.3 Å². The van der Waals surface area contributed by atoms with E-state index in [-0.39, 0.29) is 5.91 Å². The van der Waals surface area contributed by atoms with Crippen molar-refractivity contribution in [2.75, 3.05) is 6.54 Å². The molecular formula is C13H10N2OS. The quantitative estimate of drug-likeness (QED) is 0.646. The van der Waals surface area contributed by atoms with Crippen LogP contribution in [-0.4, -0.2) is 17.4 Å². The smallest absolute Gasteiger partial charge is 0.244 e. The Morgan fingerprint density at radius 3 is 3.12 bits per heavy atom. The summed E-state index contributed by atoms with van der Waals surface area (Å²) in [7, 11) is 0. The lowest BCUT2D eigenvalue weighted by Crippen LogP contribution is -2.20. The minimum absolute atomic E-state index is 0.219. The molecule has 0 saturated carbocycles. The van der Waals surface area contributed by atoms with Gasteiger partial charge < -0.3 is 5.32 Å². The van der Waals surface area contributed by atoms with Gasteiger partial charge in [-0.2, -0.15) is 0 Å². The number of benzene rings is 1. The van der Waals surface area contributed by atoms with Crippen LogP contribution in [0.15, 0.2) is 36.9 Å². The van der Waals surface area contributed by atoms with Gasteiger partial charge in [0.15, 0.2) is 5.01 Å². The van der Waals surface area contributed by atoms with Crippen molar-refractivity contribution in [2.45, 2.75) is 0 Å². The monoisotopic (exact) mass is 242 g/mol. The van der Waals surface area contributed by atoms with Crippen molar-refractivity contribution in [3.05, 3.63) is 41.9 Å². The van der Waals surface area contributed by atoms with Crippen LogP contribution in [0, 0.1) is 11.8 Å². The molecule has 0 unspecified atom stereocenters. The number of carbonyl (C=O) groups is 1. The van der Waals surface area contributed by atoms with Crippen molar-refractivity contribution in [3.63, 3.8) is 0 Å². The number of hydrogen-bond donors (Lipinski definition) is 1. The molecule has 1 aromatic carbocycles. The maximum atomic E-state index is 10.9. The highest BCUT2D eigenvalue weighted by Crippen LogP contribution is 2.20. The zero-order valence-electron chi connectivity index (χ0n) is 9.06. The molecule has 0 fully saturated rings. The fraction of sp³-hybridized carbons (Fsp3) is 0.0769. The van der Waals surface area contributed by atoms with E-state index in [1.807, 2.05) is 24.3 Å². The van der Waals surface area contributed by atoms with E-state index in [2.05, 4.69) is 28.7 Å². The second kappa shape index (κ2) is 5.28. The highest BCUT2D eigenvalue weighted by Gasteiger charge is 1.98. The molecule has 3 nitrogen and oxygen atoms in total. The number of amides is 1. The largest absolute Gasteiger partial charge is 0.342 e. The Hall–Kier alpha value is -2.12. The second-order valence-corrected chi connectivity index (χ2v) is 4.24. The normalized spacial score (nSPS) is 9.41. The average molecular weight is 242 g/mol. The van der Waals surface area contributed by atoms with Gasteiger partial charge in [0.2, 0.25) is 5.91 Å². The molecule has 1 heterocycles. The van der Waals surface area contributed by atoms with Crippen LogP contribution < -0.4 is 5.32 Å². The first-order valence-corrected chi connectivity index (χ1v) is 5.86. The number of fused-ring (bicyclic) bond motifs is 1. The number of thiazole rings is 1. The van der Waals surface area contributed by atoms with Crippen LogP contribution in [0.3, 0.4) is 0 Å². The van der Waals surface area contributed by atoms with Gasteiger partial charge in [0.05, 0.1) is 16.8 Å². The molecule has 0 atom stereocenters. The van der Waals surface area contributed by atoms with Crippen LogP contribution in [0.2, 0.25) is 0 Å². The van der Waals surface area contributed by atoms with Gasteiger partial charge in [0, 0.05) is 0 Å². The van der Waals surface area contributed by atoms with E-state index in [1.54, 1.807) is 11.3 Å². The summed E-state index contributed by atoms with van der Waals surface area (Å²) in [5.41, 5.74) is 0.955. The molecule has 0 aliphatic rings. The molecule has 4 heteroatoms. The first-order valence-electron chi connectivity index (χ1n) is 5.04. The lowest BCUT2D eigenvalue weighted by Gasteiger charge is -1.91. The van der Waals surface area contributed by atoms with Gasteiger partial charge in [-0.05, 0) is 24.1 Å². The maximum Gasteiger partial charge on any atom is 0.244 e. The second-order valence-electron chi connectivity index (χ2n) is 3.21. The summed E-state index contributed by atoms with van der Waals surface area (Å²) in [5.74, 6) is 5.55. The first kappa shape index (κ1) is 11.4. The summed E-state index contributed by atoms with van der Waals surface area (Å²) in [6.45, 7) is 3.66. The fourth-order valence-corrected chi connectivity index (χ4v) is 2.09. The molecule has 0 radical (unpaired) electrons. The van der Waals surface area contributed by atoms with Gasteiger partial charge in [-0.1, -0.05) is 24.6 Å². The number of rotatable bonds is 2. The number of aromatic nitrogens is 1. The van der Waals surface area contributed by atoms with Crippen LogP contribution in [0.25, 0.3) is 10.2 Å². The van der Waals surface area contributed by atoms with Gasteiger partial charge >= 0.3 is 0 Å². The van der Waals surface area contributed by atoms with E-state index in [9.17, 15) is 4.79 Å². The standard InChI is InChI=1S/C13H10N2OS/c1-2-12(16)14-9-5-8-13-15-10-6-3-4-7-11(10)17-13/h2-4,6-7H,1,9H2,(H,14,16). The third kappa shape index (κ3) is 2.92. The Kier molecular flexibility index (Phi) is 3.53. The van der Waals surface area contributed by atoms with E-state index >= 15 is 0 Å². The summed E-state index contributed by atoms with van der Waals surface area (Å²) in [5, 5.41) is 3.35. The summed E-state index contributed by atoms with van der Waals surface area (Å²) in [6, 6.07) is 7.89. The third-order valence-corrected chi connectivity index (χ3v) is 2.98. The van der Waals surface area contributed by atoms with Crippen molar-refractivity contribution < 1.29 is 4.79 Å². The van der Waals surface area contributed by atoms with Gasteiger partial charge in [-0.3, -0.25) is 4.79 Å². The lowest BCUT2D eigenvalue weighted by molar-refractivity contribution is -0.116. The Bertz CT molecular complexity index is 586. The highest BCUT2D eigenvalue weighted by molar-refractivity contribution is 7.19. The van der Waals surface area contributed by atoms with Crippen molar-refractivity contribution in [3.8, 4) is 11.8 Å². The van der Waals surface area contributed by atoms with Gasteiger partial charge in [-0.15, -0.1) is 11.3 Å². The Morgan fingerprint density at radius 1 is 1.53 bits per heavy atom. The Labute approximate surface area is 103 Å².